The van der Waals surface area contributed by atoms with Crippen LogP contribution in [-0.4, -0.2) is 19.5 Å². The quantitative estimate of drug-likeness (QED) is 0.186. The molecule has 50 heavy (non-hydrogen) atoms. The molecular weight excluding hydrogens is 613 g/mol. The Labute approximate surface area is 301 Å². The van der Waals surface area contributed by atoms with Crippen LogP contribution in [0.25, 0.3) is 94.7 Å². The van der Waals surface area contributed by atoms with Crippen LogP contribution in [0.5, 0.6) is 0 Å². The molecule has 5 heteroatoms. The Balaban J connectivity index is 1.25. The van der Waals surface area contributed by atoms with Crippen LogP contribution < -0.4 is 0 Å². The Kier molecular flexibility index (Phi) is 4.52. The van der Waals surface area contributed by atoms with Crippen LogP contribution in [0, 0.1) is 0 Å². The van der Waals surface area contributed by atoms with Gasteiger partial charge in [0, 0.05) is 32.8 Å². The molecule has 7 aromatic carbocycles. The van der Waals surface area contributed by atoms with E-state index in [1.807, 2.05) is 78.9 Å². The Morgan fingerprint density at radius 1 is 0.460 bits per heavy atom. The van der Waals surface area contributed by atoms with Crippen LogP contribution in [0.3, 0.4) is 0 Å². The van der Waals surface area contributed by atoms with E-state index < -0.39 is 60.4 Å². The highest BCUT2D eigenvalue weighted by Gasteiger charge is 2.21. The molecule has 10 aromatic rings. The molecule has 0 unspecified atom stereocenters. The maximum absolute atomic E-state index is 8.70. The highest BCUT2D eigenvalue weighted by molar-refractivity contribution is 6.18. The first-order chi connectivity index (χ1) is 28.9. The summed E-state index contributed by atoms with van der Waals surface area (Å²) in [5.41, 5.74) is 5.97. The van der Waals surface area contributed by atoms with E-state index in [1.165, 1.54) is 0 Å². The minimum Gasteiger partial charge on any atom is -0.456 e. The van der Waals surface area contributed by atoms with E-state index in [1.54, 1.807) is 6.07 Å². The molecule has 3 aromatic heterocycles. The number of para-hydroxylation sites is 1. The van der Waals surface area contributed by atoms with Gasteiger partial charge in [-0.25, -0.2) is 15.0 Å². The fraction of sp³-hybridized carbons (Fsp3) is 0. The topological polar surface area (TPSA) is 56.7 Å². The molecule has 10 rings (SSSR count). The molecule has 234 valence electrons. The molecule has 0 saturated heterocycles. The Hall–Kier alpha value is -6.85. The van der Waals surface area contributed by atoms with Crippen molar-refractivity contribution in [3.8, 4) is 51.0 Å². The van der Waals surface area contributed by atoms with Crippen molar-refractivity contribution in [1.29, 1.82) is 0 Å². The number of aromatic nitrogens is 4. The van der Waals surface area contributed by atoms with E-state index in [4.69, 9.17) is 18.1 Å². The minimum atomic E-state index is -0.608. The second-order valence-corrected chi connectivity index (χ2v) is 11.7. The SMILES string of the molecule is [2H]c1c([2H])c([2H])c(-c2nc(-c3ccc4c(c3)c3ccccc3n4-c3cccc4oc5cccc(-c6ccccc6)c5c34)nc(-c3c([2H])c([2H])c([2H])c([2H])c3[2H])n2)c([2H])c1[2H]. The monoisotopic (exact) mass is 650 g/mol. The third kappa shape index (κ3) is 4.52. The van der Waals surface area contributed by atoms with Crippen molar-refractivity contribution in [2.24, 2.45) is 0 Å². The molecule has 0 radical (unpaired) electrons. The molecule has 0 bridgehead atoms. The number of fused-ring (bicyclic) bond motifs is 6. The van der Waals surface area contributed by atoms with E-state index in [0.717, 1.165) is 60.6 Å². The van der Waals surface area contributed by atoms with Gasteiger partial charge in [-0.15, -0.1) is 0 Å². The van der Waals surface area contributed by atoms with Crippen molar-refractivity contribution in [3.05, 3.63) is 170 Å². The number of nitrogens with zero attached hydrogens (tertiary/aromatic N) is 4. The summed E-state index contributed by atoms with van der Waals surface area (Å²) in [5, 5.41) is 3.61. The summed E-state index contributed by atoms with van der Waals surface area (Å²) >= 11 is 0. The Morgan fingerprint density at radius 3 is 1.78 bits per heavy atom. The van der Waals surface area contributed by atoms with Crippen molar-refractivity contribution in [2.75, 3.05) is 0 Å². The highest BCUT2D eigenvalue weighted by Crippen LogP contribution is 2.42. The number of hydrogen-bond donors (Lipinski definition) is 0. The Bertz CT molecular complexity index is 3310. The van der Waals surface area contributed by atoms with Gasteiger partial charge < -0.3 is 8.98 Å². The zero-order chi connectivity index (χ0) is 41.7. The normalized spacial score (nSPS) is 14.4. The standard InChI is InChI=1S/C45H28N4O/c1-4-14-29(15-5-1)33-21-12-24-39-41(33)42-38(23-13-25-40(42)50-39)49-36-22-11-10-20-34(36)35-28-32(26-27-37(35)49)45-47-43(30-16-6-2-7-17-30)46-44(48-45)31-18-8-3-9-19-31/h1-28H/i2D,3D,6D,7D,8D,9D,16D,17D,18D,19D. The average Bonchev–Trinajstić information content (AvgIpc) is 3.82. The van der Waals surface area contributed by atoms with Crippen molar-refractivity contribution in [3.63, 3.8) is 0 Å². The summed E-state index contributed by atoms with van der Waals surface area (Å²) in [6.07, 6.45) is 0. The number of benzene rings is 7. The van der Waals surface area contributed by atoms with Crippen molar-refractivity contribution in [2.45, 2.75) is 0 Å². The van der Waals surface area contributed by atoms with Gasteiger partial charge in [-0.3, -0.25) is 0 Å². The van der Waals surface area contributed by atoms with Gasteiger partial charge in [-0.05, 0) is 53.6 Å². The minimum absolute atomic E-state index is 0.0113. The van der Waals surface area contributed by atoms with Crippen molar-refractivity contribution < 1.29 is 18.1 Å². The largest absolute Gasteiger partial charge is 0.456 e. The summed E-state index contributed by atoms with van der Waals surface area (Å²) in [6, 6.07) is 29.8. The molecule has 3 heterocycles. The summed E-state index contributed by atoms with van der Waals surface area (Å²) in [6.45, 7) is 0. The van der Waals surface area contributed by atoms with E-state index in [0.29, 0.717) is 5.56 Å². The van der Waals surface area contributed by atoms with Crippen LogP contribution in [0.15, 0.2) is 174 Å². The average molecular weight is 651 g/mol. The fourth-order valence-corrected chi connectivity index (χ4v) is 6.72. The first-order valence-corrected chi connectivity index (χ1v) is 15.9. The highest BCUT2D eigenvalue weighted by atomic mass is 16.3. The lowest BCUT2D eigenvalue weighted by molar-refractivity contribution is 0.669. The lowest BCUT2D eigenvalue weighted by Gasteiger charge is -2.11. The number of rotatable bonds is 5. The first kappa shape index (κ1) is 19.8. The maximum atomic E-state index is 8.70. The molecule has 0 amide bonds. The lowest BCUT2D eigenvalue weighted by atomic mass is 9.99. The summed E-state index contributed by atoms with van der Waals surface area (Å²) in [4.78, 5) is 13.7. The number of hydrogen-bond acceptors (Lipinski definition) is 4. The summed E-state index contributed by atoms with van der Waals surface area (Å²) < 4.78 is 93.1. The second-order valence-electron chi connectivity index (χ2n) is 11.7. The Morgan fingerprint density at radius 2 is 1.06 bits per heavy atom. The van der Waals surface area contributed by atoms with Crippen LogP contribution in [0.1, 0.15) is 13.7 Å². The van der Waals surface area contributed by atoms with Gasteiger partial charge >= 0.3 is 0 Å². The maximum Gasteiger partial charge on any atom is 0.164 e. The van der Waals surface area contributed by atoms with Gasteiger partial charge in [0.1, 0.15) is 11.2 Å². The summed E-state index contributed by atoms with van der Waals surface area (Å²) in [5.74, 6) is -0.661. The van der Waals surface area contributed by atoms with E-state index in [2.05, 4.69) is 43.8 Å². The molecule has 0 fully saturated rings. The molecule has 5 nitrogen and oxygen atoms in total. The predicted octanol–water partition coefficient (Wildman–Crippen LogP) is 11.5. The summed E-state index contributed by atoms with van der Waals surface area (Å²) in [7, 11) is 0. The van der Waals surface area contributed by atoms with Gasteiger partial charge in [-0.1, -0.05) is 127 Å². The van der Waals surface area contributed by atoms with Gasteiger partial charge in [-0.2, -0.15) is 0 Å². The molecule has 0 aliphatic heterocycles. The van der Waals surface area contributed by atoms with Crippen molar-refractivity contribution in [1.82, 2.24) is 19.5 Å². The molecule has 0 saturated carbocycles. The molecule has 0 aliphatic carbocycles. The molecule has 0 atom stereocenters. The van der Waals surface area contributed by atoms with Crippen LogP contribution in [-0.2, 0) is 0 Å². The number of furan rings is 1. The van der Waals surface area contributed by atoms with Crippen LogP contribution in [0.4, 0.5) is 0 Å². The van der Waals surface area contributed by atoms with Gasteiger partial charge in [0.15, 0.2) is 17.5 Å². The van der Waals surface area contributed by atoms with Crippen LogP contribution in [0.2, 0.25) is 0 Å². The molecule has 0 spiro atoms. The predicted molar refractivity (Wildman–Crippen MR) is 203 cm³/mol. The fourth-order valence-electron chi connectivity index (χ4n) is 6.72. The van der Waals surface area contributed by atoms with Gasteiger partial charge in [0.05, 0.1) is 35.8 Å². The van der Waals surface area contributed by atoms with E-state index in [-0.39, 0.29) is 28.6 Å². The van der Waals surface area contributed by atoms with Crippen molar-refractivity contribution >= 4 is 43.7 Å². The molecule has 0 N–H and O–H groups in total. The second kappa shape index (κ2) is 11.4. The molecule has 0 aliphatic rings. The molecular formula is C45H28N4O. The third-order valence-electron chi connectivity index (χ3n) is 8.84. The smallest absolute Gasteiger partial charge is 0.164 e. The van der Waals surface area contributed by atoms with Gasteiger partial charge in [0.25, 0.3) is 0 Å². The zero-order valence-electron chi connectivity index (χ0n) is 36.1. The van der Waals surface area contributed by atoms with Crippen LogP contribution >= 0.6 is 0 Å². The third-order valence-corrected chi connectivity index (χ3v) is 8.84. The van der Waals surface area contributed by atoms with Gasteiger partial charge in [0.2, 0.25) is 0 Å². The van der Waals surface area contributed by atoms with E-state index >= 15 is 0 Å². The first-order valence-electron chi connectivity index (χ1n) is 20.9. The zero-order valence-corrected chi connectivity index (χ0v) is 26.1. The van der Waals surface area contributed by atoms with E-state index in [9.17, 15) is 0 Å². The lowest BCUT2D eigenvalue weighted by Crippen LogP contribution is -2.00.